The molecule has 0 aliphatic heterocycles. The van der Waals surface area contributed by atoms with E-state index in [0.717, 1.165) is 70.2 Å². The van der Waals surface area contributed by atoms with E-state index in [4.69, 9.17) is 0 Å². The molecule has 0 unspecified atom stereocenters. The zero-order valence-corrected chi connectivity index (χ0v) is 43.0. The Morgan fingerprint density at radius 1 is 0.338 bits per heavy atom. The highest BCUT2D eigenvalue weighted by Crippen LogP contribution is 2.40. The van der Waals surface area contributed by atoms with Crippen LogP contribution in [0.15, 0.2) is 191 Å². The van der Waals surface area contributed by atoms with Crippen LogP contribution in [0.4, 0.5) is 34.1 Å². The van der Waals surface area contributed by atoms with E-state index in [2.05, 4.69) is 237 Å². The molecule has 0 saturated heterocycles. The summed E-state index contributed by atoms with van der Waals surface area (Å²) in [5.74, 6) is 0. The lowest BCUT2D eigenvalue weighted by Crippen LogP contribution is -2.10. The van der Waals surface area contributed by atoms with Crippen LogP contribution in [-0.4, -0.2) is 0 Å². The summed E-state index contributed by atoms with van der Waals surface area (Å²) in [5.41, 5.74) is 20.5. The fraction of sp³-hybridized carbons (Fsp3) is 0.250. The first-order chi connectivity index (χ1) is 33.4. The standard InChI is InChI=1S/C64H64Br2N2/c1-3-5-7-9-11-47-17-33-57(34-18-47)67(61-41-29-55(65)30-42-61)59-37-25-53(26-38-59)63-45-49-13-21-51(63)23-15-50-14-22-52(24-16-49)64(46-50)54-27-39-60(40-28-54)68(62-43-31-56(66)32-44-62)58-35-19-48(20-36-58)12-10-8-6-4-2/h13-14,17-22,25-46H,3-12,15-16,23-24H2,1-2H3. The molecule has 68 heavy (non-hydrogen) atoms. The van der Waals surface area contributed by atoms with E-state index in [9.17, 15) is 0 Å². The van der Waals surface area contributed by atoms with Crippen molar-refractivity contribution >= 4 is 66.0 Å². The van der Waals surface area contributed by atoms with Crippen LogP contribution in [0.25, 0.3) is 22.3 Å². The Kier molecular flexibility index (Phi) is 16.1. The van der Waals surface area contributed by atoms with Crippen molar-refractivity contribution in [2.24, 2.45) is 0 Å². The molecule has 0 spiro atoms. The average molecular weight is 1020 g/mol. The van der Waals surface area contributed by atoms with Gasteiger partial charge in [-0.25, -0.2) is 0 Å². The molecule has 8 aromatic carbocycles. The number of aryl methyl sites for hydroxylation is 6. The van der Waals surface area contributed by atoms with Gasteiger partial charge in [0.25, 0.3) is 0 Å². The Hall–Kier alpha value is -5.68. The van der Waals surface area contributed by atoms with Crippen molar-refractivity contribution in [1.29, 1.82) is 0 Å². The van der Waals surface area contributed by atoms with Gasteiger partial charge < -0.3 is 9.80 Å². The van der Waals surface area contributed by atoms with Gasteiger partial charge in [0.15, 0.2) is 0 Å². The van der Waals surface area contributed by atoms with Crippen molar-refractivity contribution in [3.63, 3.8) is 0 Å². The maximum absolute atomic E-state index is 3.66. The molecule has 8 aromatic rings. The Labute approximate surface area is 423 Å². The first-order valence-corrected chi connectivity index (χ1v) is 26.7. The van der Waals surface area contributed by atoms with Crippen LogP contribution in [-0.2, 0) is 38.5 Å². The van der Waals surface area contributed by atoms with Gasteiger partial charge in [0.1, 0.15) is 0 Å². The number of rotatable bonds is 18. The molecule has 12 rings (SSSR count). The minimum atomic E-state index is 0.977. The zero-order valence-electron chi connectivity index (χ0n) is 39.9. The van der Waals surface area contributed by atoms with Gasteiger partial charge in [-0.15, -0.1) is 0 Å². The van der Waals surface area contributed by atoms with Gasteiger partial charge >= 0.3 is 0 Å². The van der Waals surface area contributed by atoms with Gasteiger partial charge in [-0.1, -0.05) is 169 Å². The quantitative estimate of drug-likeness (QED) is 0.0791. The van der Waals surface area contributed by atoms with E-state index in [1.807, 2.05) is 0 Å². The first-order valence-electron chi connectivity index (χ1n) is 25.2. The first kappa shape index (κ1) is 47.4. The fourth-order valence-electron chi connectivity index (χ4n) is 9.88. The summed E-state index contributed by atoms with van der Waals surface area (Å²) in [4.78, 5) is 4.75. The summed E-state index contributed by atoms with van der Waals surface area (Å²) in [7, 11) is 0. The highest BCUT2D eigenvalue weighted by atomic mass is 79.9. The second-order valence-corrected chi connectivity index (χ2v) is 20.5. The molecule has 4 aliphatic carbocycles. The second kappa shape index (κ2) is 23.1. The van der Waals surface area contributed by atoms with E-state index in [1.165, 1.54) is 118 Å². The SMILES string of the molecule is CCCCCCc1ccc(N(c2ccc(Br)cc2)c2ccc(-c3cc4ccc3CCc3ccc(c(-c5ccc(N(c6ccc(Br)cc6)c6ccc(CCCCCC)cc6)cc5)c3)CC4)cc2)cc1. The van der Waals surface area contributed by atoms with Crippen molar-refractivity contribution in [3.05, 3.63) is 224 Å². The molecule has 4 aliphatic rings. The second-order valence-electron chi connectivity index (χ2n) is 18.7. The van der Waals surface area contributed by atoms with Crippen LogP contribution >= 0.6 is 31.9 Å². The monoisotopic (exact) mass is 1020 g/mol. The van der Waals surface area contributed by atoms with E-state index in [0.29, 0.717) is 0 Å². The number of hydrogen-bond acceptors (Lipinski definition) is 2. The van der Waals surface area contributed by atoms with Gasteiger partial charge in [-0.05, 0) is 204 Å². The summed E-state index contributed by atoms with van der Waals surface area (Å²) in [5, 5.41) is 0. The summed E-state index contributed by atoms with van der Waals surface area (Å²) in [6, 6.07) is 68.7. The van der Waals surface area contributed by atoms with E-state index < -0.39 is 0 Å². The molecule has 0 amide bonds. The smallest absolute Gasteiger partial charge is 0.0462 e. The van der Waals surface area contributed by atoms with Crippen molar-refractivity contribution in [2.75, 3.05) is 9.80 Å². The Balaban J connectivity index is 0.946. The number of halogens is 2. The van der Waals surface area contributed by atoms with Crippen LogP contribution in [0.3, 0.4) is 0 Å². The lowest BCUT2D eigenvalue weighted by atomic mass is 9.87. The van der Waals surface area contributed by atoms with Crippen LogP contribution < -0.4 is 9.80 Å². The van der Waals surface area contributed by atoms with Gasteiger partial charge in [0.2, 0.25) is 0 Å². The highest BCUT2D eigenvalue weighted by Gasteiger charge is 2.18. The molecule has 0 fully saturated rings. The maximum atomic E-state index is 3.66. The Morgan fingerprint density at radius 3 is 1.00 bits per heavy atom. The van der Waals surface area contributed by atoms with Crippen LogP contribution in [0.2, 0.25) is 0 Å². The predicted molar refractivity (Wildman–Crippen MR) is 299 cm³/mol. The molecule has 0 atom stereocenters. The van der Waals surface area contributed by atoms with E-state index >= 15 is 0 Å². The summed E-state index contributed by atoms with van der Waals surface area (Å²) in [6.07, 6.45) is 16.4. The molecular weight excluding hydrogens is 957 g/mol. The van der Waals surface area contributed by atoms with Crippen LogP contribution in [0, 0.1) is 0 Å². The molecule has 0 heterocycles. The topological polar surface area (TPSA) is 6.48 Å². The third-order valence-electron chi connectivity index (χ3n) is 13.8. The van der Waals surface area contributed by atoms with Gasteiger partial charge in [-0.2, -0.15) is 0 Å². The Bertz CT molecular complexity index is 2650. The highest BCUT2D eigenvalue weighted by molar-refractivity contribution is 9.10. The molecule has 2 nitrogen and oxygen atoms in total. The van der Waals surface area contributed by atoms with Gasteiger partial charge in [0, 0.05) is 43.1 Å². The van der Waals surface area contributed by atoms with Crippen molar-refractivity contribution in [3.8, 4) is 22.3 Å². The molecule has 0 aromatic heterocycles. The summed E-state index contributed by atoms with van der Waals surface area (Å²) < 4.78 is 2.16. The maximum Gasteiger partial charge on any atom is 0.0462 e. The van der Waals surface area contributed by atoms with Gasteiger partial charge in [0.05, 0.1) is 0 Å². The number of nitrogens with zero attached hydrogens (tertiary/aromatic N) is 2. The summed E-state index contributed by atoms with van der Waals surface area (Å²) >= 11 is 7.32. The molecule has 4 bridgehead atoms. The molecule has 4 heteroatoms. The minimum Gasteiger partial charge on any atom is -0.311 e. The van der Waals surface area contributed by atoms with Gasteiger partial charge in [-0.3, -0.25) is 0 Å². The molecular formula is C64H64Br2N2. The number of anilines is 6. The van der Waals surface area contributed by atoms with E-state index in [1.54, 1.807) is 0 Å². The lowest BCUT2D eigenvalue weighted by molar-refractivity contribution is 0.667. The Morgan fingerprint density at radius 2 is 0.662 bits per heavy atom. The number of benzene rings is 8. The molecule has 344 valence electrons. The molecule has 0 N–H and O–H groups in total. The third kappa shape index (κ3) is 11.8. The number of unbranched alkanes of at least 4 members (excludes halogenated alkanes) is 6. The third-order valence-corrected chi connectivity index (χ3v) is 14.8. The van der Waals surface area contributed by atoms with Crippen molar-refractivity contribution < 1.29 is 0 Å². The summed E-state index contributed by atoms with van der Waals surface area (Å²) in [6.45, 7) is 4.55. The minimum absolute atomic E-state index is 0.977. The van der Waals surface area contributed by atoms with Crippen LogP contribution in [0.1, 0.15) is 98.6 Å². The lowest BCUT2D eigenvalue weighted by Gasteiger charge is -2.26. The van der Waals surface area contributed by atoms with Crippen molar-refractivity contribution in [1.82, 2.24) is 0 Å². The average Bonchev–Trinajstić information content (AvgIpc) is 3.37. The largest absolute Gasteiger partial charge is 0.311 e. The van der Waals surface area contributed by atoms with Crippen molar-refractivity contribution in [2.45, 2.75) is 104 Å². The normalized spacial score (nSPS) is 12.2. The van der Waals surface area contributed by atoms with E-state index in [-0.39, 0.29) is 0 Å². The zero-order chi connectivity index (χ0) is 46.7. The molecule has 0 radical (unpaired) electrons. The molecule has 0 saturated carbocycles. The van der Waals surface area contributed by atoms with Crippen LogP contribution in [0.5, 0.6) is 0 Å². The predicted octanol–water partition coefficient (Wildman–Crippen LogP) is 19.6. The number of hydrogen-bond donors (Lipinski definition) is 0. The fourth-order valence-corrected chi connectivity index (χ4v) is 10.4.